The van der Waals surface area contributed by atoms with Crippen molar-refractivity contribution in [3.8, 4) is 5.75 Å². The van der Waals surface area contributed by atoms with Crippen molar-refractivity contribution in [1.29, 1.82) is 0 Å². The van der Waals surface area contributed by atoms with Crippen molar-refractivity contribution in [2.75, 3.05) is 46.2 Å². The Hall–Kier alpha value is -2.88. The molecule has 3 aromatic rings. The Morgan fingerprint density at radius 2 is 1.75 bits per heavy atom. The Balaban J connectivity index is 1.84. The van der Waals surface area contributed by atoms with Gasteiger partial charge in [-0.05, 0) is 30.5 Å². The molecule has 1 heterocycles. The third kappa shape index (κ3) is 7.32. The number of aromatic nitrogens is 1. The number of fused-ring (bicyclic) bond motifs is 1. The Morgan fingerprint density at radius 1 is 1.00 bits per heavy atom. The molecule has 36 heavy (non-hydrogen) atoms. The number of rotatable bonds is 15. The number of unbranched alkanes of at least 4 members (excludes halogenated alkanes) is 1. The molecule has 1 N–H and O–H groups in total. The summed E-state index contributed by atoms with van der Waals surface area (Å²) in [6.07, 6.45) is 3.91. The van der Waals surface area contributed by atoms with Gasteiger partial charge in [0.15, 0.2) is 0 Å². The molecule has 0 radical (unpaired) electrons. The molecule has 2 aromatic carbocycles. The van der Waals surface area contributed by atoms with Crippen molar-refractivity contribution in [3.05, 3.63) is 65.9 Å². The summed E-state index contributed by atoms with van der Waals surface area (Å²) in [7, 11) is -0.459. The molecule has 0 aliphatic carbocycles. The lowest BCUT2D eigenvalue weighted by Crippen LogP contribution is -2.45. The highest BCUT2D eigenvalue weighted by molar-refractivity contribution is 7.89. The van der Waals surface area contributed by atoms with Gasteiger partial charge < -0.3 is 19.4 Å². The standard InChI is InChI=1S/C27H37N3O5S/c1-4-5-18-36(32,33)30(16-17-34-2)21-27(31)29(20-23-10-6-9-13-26(23)35-3)15-14-22-19-28-25-12-8-7-11-24(22)25/h6-13,19,28H,4-5,14-18,20-21H2,1-3H3. The molecule has 0 aliphatic heterocycles. The summed E-state index contributed by atoms with van der Waals surface area (Å²) in [5, 5.41) is 1.12. The van der Waals surface area contributed by atoms with Crippen LogP contribution in [0.5, 0.6) is 5.75 Å². The molecule has 0 saturated carbocycles. The quantitative estimate of drug-likeness (QED) is 0.332. The normalized spacial score (nSPS) is 11.8. The number of nitrogens with one attached hydrogen (secondary N) is 1. The number of sulfonamides is 1. The van der Waals surface area contributed by atoms with Crippen molar-refractivity contribution in [3.63, 3.8) is 0 Å². The van der Waals surface area contributed by atoms with Crippen LogP contribution in [0.3, 0.4) is 0 Å². The molecule has 0 saturated heterocycles. The molecule has 8 nitrogen and oxygen atoms in total. The molecular formula is C27H37N3O5S. The Labute approximate surface area is 214 Å². The maximum absolute atomic E-state index is 13.6. The van der Waals surface area contributed by atoms with Crippen LogP contribution in [-0.2, 0) is 32.5 Å². The lowest BCUT2D eigenvalue weighted by Gasteiger charge is -2.28. The summed E-state index contributed by atoms with van der Waals surface area (Å²) < 4.78 is 37.8. The molecule has 3 rings (SSSR count). The lowest BCUT2D eigenvalue weighted by atomic mass is 10.1. The fraction of sp³-hybridized carbons (Fsp3) is 0.444. The van der Waals surface area contributed by atoms with Gasteiger partial charge in [0.2, 0.25) is 15.9 Å². The molecule has 196 valence electrons. The van der Waals surface area contributed by atoms with Gasteiger partial charge in [-0.1, -0.05) is 49.7 Å². The molecule has 0 atom stereocenters. The van der Waals surface area contributed by atoms with E-state index in [-0.39, 0.29) is 31.4 Å². The number of hydrogen-bond acceptors (Lipinski definition) is 5. The van der Waals surface area contributed by atoms with Crippen LogP contribution in [0.2, 0.25) is 0 Å². The maximum Gasteiger partial charge on any atom is 0.238 e. The van der Waals surface area contributed by atoms with Crippen LogP contribution < -0.4 is 4.74 Å². The number of benzene rings is 2. The van der Waals surface area contributed by atoms with Crippen LogP contribution in [0.1, 0.15) is 30.9 Å². The van der Waals surface area contributed by atoms with Crippen LogP contribution in [-0.4, -0.2) is 74.7 Å². The summed E-state index contributed by atoms with van der Waals surface area (Å²) in [5.74, 6) is 0.452. The first-order valence-corrected chi connectivity index (χ1v) is 13.9. The van der Waals surface area contributed by atoms with Crippen LogP contribution in [0.4, 0.5) is 0 Å². The highest BCUT2D eigenvalue weighted by Crippen LogP contribution is 2.22. The maximum atomic E-state index is 13.6. The summed E-state index contributed by atoms with van der Waals surface area (Å²) in [4.78, 5) is 18.6. The number of aromatic amines is 1. The minimum absolute atomic E-state index is 0.0162. The Morgan fingerprint density at radius 3 is 2.50 bits per heavy atom. The minimum atomic E-state index is -3.58. The Kier molecular flexibility index (Phi) is 10.3. The van der Waals surface area contributed by atoms with Crippen molar-refractivity contribution in [2.24, 2.45) is 0 Å². The predicted octanol–water partition coefficient (Wildman–Crippen LogP) is 3.83. The molecule has 0 fully saturated rings. The second-order valence-corrected chi connectivity index (χ2v) is 10.8. The van der Waals surface area contributed by atoms with Crippen LogP contribution in [0, 0.1) is 0 Å². The lowest BCUT2D eigenvalue weighted by molar-refractivity contribution is -0.132. The van der Waals surface area contributed by atoms with Gasteiger partial charge in [0.25, 0.3) is 0 Å². The van der Waals surface area contributed by atoms with E-state index >= 15 is 0 Å². The first-order chi connectivity index (χ1) is 17.4. The highest BCUT2D eigenvalue weighted by atomic mass is 32.2. The van der Waals surface area contributed by atoms with Gasteiger partial charge in [-0.15, -0.1) is 0 Å². The zero-order chi connectivity index (χ0) is 26.0. The Bertz CT molecular complexity index is 1220. The van der Waals surface area contributed by atoms with Crippen LogP contribution >= 0.6 is 0 Å². The van der Waals surface area contributed by atoms with E-state index in [1.54, 1.807) is 12.0 Å². The van der Waals surface area contributed by atoms with Crippen LogP contribution in [0.15, 0.2) is 54.7 Å². The number of hydrogen-bond donors (Lipinski definition) is 1. The van der Waals surface area contributed by atoms with Gasteiger partial charge in [-0.3, -0.25) is 4.79 Å². The highest BCUT2D eigenvalue weighted by Gasteiger charge is 2.27. The van der Waals surface area contributed by atoms with Crippen molar-refractivity contribution in [2.45, 2.75) is 32.7 Å². The molecule has 0 unspecified atom stereocenters. The van der Waals surface area contributed by atoms with Crippen molar-refractivity contribution >= 4 is 26.8 Å². The molecule has 0 spiro atoms. The van der Waals surface area contributed by atoms with Gasteiger partial charge in [-0.2, -0.15) is 4.31 Å². The van der Waals surface area contributed by atoms with Crippen LogP contribution in [0.25, 0.3) is 10.9 Å². The predicted molar refractivity (Wildman–Crippen MR) is 143 cm³/mol. The van der Waals surface area contributed by atoms with E-state index in [0.717, 1.165) is 28.5 Å². The van der Waals surface area contributed by atoms with E-state index in [9.17, 15) is 13.2 Å². The number of carbonyl (C=O) groups excluding carboxylic acids is 1. The molecule has 0 bridgehead atoms. The van der Waals surface area contributed by atoms with Crippen molar-refractivity contribution < 1.29 is 22.7 Å². The summed E-state index contributed by atoms with van der Waals surface area (Å²) >= 11 is 0. The number of carbonyl (C=O) groups is 1. The molecule has 0 aliphatic rings. The second-order valence-electron chi connectivity index (χ2n) is 8.73. The van der Waals surface area contributed by atoms with Gasteiger partial charge in [-0.25, -0.2) is 8.42 Å². The number of para-hydroxylation sites is 2. The first kappa shape index (κ1) is 27.7. The van der Waals surface area contributed by atoms with Gasteiger partial charge in [0.05, 0.1) is 26.0 Å². The van der Waals surface area contributed by atoms with Gasteiger partial charge in [0.1, 0.15) is 5.75 Å². The smallest absolute Gasteiger partial charge is 0.238 e. The molecule has 1 aromatic heterocycles. The van der Waals surface area contributed by atoms with Gasteiger partial charge in [0, 0.05) is 49.4 Å². The average molecular weight is 516 g/mol. The number of ether oxygens (including phenoxy) is 2. The fourth-order valence-electron chi connectivity index (χ4n) is 4.14. The van der Waals surface area contributed by atoms with E-state index < -0.39 is 10.0 Å². The third-order valence-corrected chi connectivity index (χ3v) is 8.14. The number of H-pyrrole nitrogens is 1. The zero-order valence-corrected chi connectivity index (χ0v) is 22.2. The van der Waals surface area contributed by atoms with Gasteiger partial charge >= 0.3 is 0 Å². The van der Waals surface area contributed by atoms with E-state index in [2.05, 4.69) is 11.1 Å². The molecule has 9 heteroatoms. The topological polar surface area (TPSA) is 91.9 Å². The number of nitrogens with zero attached hydrogens (tertiary/aromatic N) is 2. The van der Waals surface area contributed by atoms with E-state index in [4.69, 9.17) is 9.47 Å². The number of amides is 1. The van der Waals surface area contributed by atoms with Crippen molar-refractivity contribution in [1.82, 2.24) is 14.2 Å². The minimum Gasteiger partial charge on any atom is -0.496 e. The van der Waals surface area contributed by atoms with E-state index in [1.807, 2.05) is 55.6 Å². The molecule has 1 amide bonds. The largest absolute Gasteiger partial charge is 0.496 e. The van der Waals surface area contributed by atoms with E-state index in [0.29, 0.717) is 31.7 Å². The SMILES string of the molecule is CCCCS(=O)(=O)N(CCOC)CC(=O)N(CCc1c[nH]c2ccccc12)Cc1ccccc1OC. The second kappa shape index (κ2) is 13.4. The number of methoxy groups -OCH3 is 2. The fourth-order valence-corrected chi connectivity index (χ4v) is 5.71. The molecular weight excluding hydrogens is 478 g/mol. The summed E-state index contributed by atoms with van der Waals surface area (Å²) in [5.41, 5.74) is 3.02. The monoisotopic (exact) mass is 515 g/mol. The zero-order valence-electron chi connectivity index (χ0n) is 21.4. The first-order valence-electron chi connectivity index (χ1n) is 12.3. The third-order valence-electron chi connectivity index (χ3n) is 6.24. The summed E-state index contributed by atoms with van der Waals surface area (Å²) in [6.45, 7) is 2.84. The average Bonchev–Trinajstić information content (AvgIpc) is 3.30. The summed E-state index contributed by atoms with van der Waals surface area (Å²) in [6, 6.07) is 15.6. The van der Waals surface area contributed by atoms with E-state index in [1.165, 1.54) is 11.4 Å².